The van der Waals surface area contributed by atoms with Crippen LogP contribution in [0, 0.1) is 0 Å². The highest BCUT2D eigenvalue weighted by Gasteiger charge is 2.24. The summed E-state index contributed by atoms with van der Waals surface area (Å²) in [5, 5.41) is 20.1. The zero-order valence-corrected chi connectivity index (χ0v) is 8.91. The largest absolute Gasteiger partial charge is 0.507 e. The molecule has 0 atom stereocenters. The molecule has 0 saturated heterocycles. The number of aliphatic hydroxyl groups is 1. The molecule has 0 amide bonds. The lowest BCUT2D eigenvalue weighted by Gasteiger charge is -2.23. The van der Waals surface area contributed by atoms with Crippen molar-refractivity contribution in [1.82, 2.24) is 4.98 Å². The normalized spacial score (nSPS) is 12.2. The monoisotopic (exact) mass is 205 g/mol. The third-order valence-corrected chi connectivity index (χ3v) is 2.83. The number of fused-ring (bicyclic) bond motifs is 1. The van der Waals surface area contributed by atoms with E-state index in [1.165, 1.54) is 0 Å². The highest BCUT2D eigenvalue weighted by atomic mass is 16.3. The van der Waals surface area contributed by atoms with E-state index in [0.29, 0.717) is 0 Å². The molecule has 0 aliphatic heterocycles. The summed E-state index contributed by atoms with van der Waals surface area (Å²) in [5.74, 6) is 0.257. The van der Waals surface area contributed by atoms with E-state index in [9.17, 15) is 10.2 Å². The molecule has 3 nitrogen and oxygen atoms in total. The first kappa shape index (κ1) is 10.1. The number of aromatic nitrogens is 1. The Labute approximate surface area is 88.4 Å². The summed E-state index contributed by atoms with van der Waals surface area (Å²) in [6, 6.07) is 5.60. The minimum absolute atomic E-state index is 0.0104. The van der Waals surface area contributed by atoms with Gasteiger partial charge in [0.05, 0.1) is 6.61 Å². The van der Waals surface area contributed by atoms with E-state index in [4.69, 9.17) is 0 Å². The van der Waals surface area contributed by atoms with Crippen molar-refractivity contribution in [2.24, 2.45) is 0 Å². The second-order valence-electron chi connectivity index (χ2n) is 4.44. The molecule has 3 N–H and O–H groups in total. The Balaban J connectivity index is 2.67. The summed E-state index contributed by atoms with van der Waals surface area (Å²) in [6.07, 6.45) is 1.79. The molecule has 1 heterocycles. The topological polar surface area (TPSA) is 56.2 Å². The Morgan fingerprint density at radius 1 is 1.27 bits per heavy atom. The van der Waals surface area contributed by atoms with Crippen LogP contribution in [0.5, 0.6) is 5.75 Å². The number of phenols is 1. The maximum Gasteiger partial charge on any atom is 0.128 e. The molecule has 3 heteroatoms. The molecule has 2 aromatic rings. The first-order valence-electron chi connectivity index (χ1n) is 4.96. The number of hydrogen-bond acceptors (Lipinski definition) is 2. The summed E-state index contributed by atoms with van der Waals surface area (Å²) < 4.78 is 0. The van der Waals surface area contributed by atoms with Crippen molar-refractivity contribution in [2.75, 3.05) is 6.61 Å². The van der Waals surface area contributed by atoms with Gasteiger partial charge in [-0.15, -0.1) is 0 Å². The van der Waals surface area contributed by atoms with Crippen LogP contribution in [0.15, 0.2) is 24.4 Å². The zero-order chi connectivity index (χ0) is 11.1. The molecule has 80 valence electrons. The lowest BCUT2D eigenvalue weighted by atomic mass is 9.84. The number of H-pyrrole nitrogens is 1. The van der Waals surface area contributed by atoms with E-state index in [-0.39, 0.29) is 12.4 Å². The lowest BCUT2D eigenvalue weighted by molar-refractivity contribution is 0.215. The van der Waals surface area contributed by atoms with E-state index in [1.807, 2.05) is 32.0 Å². The molecule has 0 fully saturated rings. The number of nitrogens with one attached hydrogen (secondary N) is 1. The van der Waals surface area contributed by atoms with Gasteiger partial charge in [0.15, 0.2) is 0 Å². The maximum atomic E-state index is 10.1. The molecule has 0 bridgehead atoms. The van der Waals surface area contributed by atoms with Crippen molar-refractivity contribution in [3.8, 4) is 5.75 Å². The summed E-state index contributed by atoms with van der Waals surface area (Å²) >= 11 is 0. The minimum atomic E-state index is -0.421. The fourth-order valence-electron chi connectivity index (χ4n) is 1.75. The third kappa shape index (κ3) is 1.49. The van der Waals surface area contributed by atoms with Crippen molar-refractivity contribution in [1.29, 1.82) is 0 Å². The Kier molecular flexibility index (Phi) is 2.20. The van der Waals surface area contributed by atoms with Crippen LogP contribution in [0.2, 0.25) is 0 Å². The van der Waals surface area contributed by atoms with Crippen LogP contribution in [-0.4, -0.2) is 21.8 Å². The average Bonchev–Trinajstić information content (AvgIpc) is 2.66. The van der Waals surface area contributed by atoms with Crippen LogP contribution in [0.1, 0.15) is 19.4 Å². The molecule has 0 spiro atoms. The summed E-state index contributed by atoms with van der Waals surface area (Å²) in [7, 11) is 0. The number of hydrogen-bond donors (Lipinski definition) is 3. The first-order valence-corrected chi connectivity index (χ1v) is 4.96. The van der Waals surface area contributed by atoms with E-state index in [1.54, 1.807) is 6.20 Å². The smallest absolute Gasteiger partial charge is 0.128 e. The Hall–Kier alpha value is -1.48. The fraction of sp³-hybridized carbons (Fsp3) is 0.333. The van der Waals surface area contributed by atoms with Gasteiger partial charge in [0.1, 0.15) is 5.75 Å². The number of aromatic amines is 1. The number of aliphatic hydroxyl groups excluding tert-OH is 1. The van der Waals surface area contributed by atoms with E-state index in [2.05, 4.69) is 4.98 Å². The average molecular weight is 205 g/mol. The Morgan fingerprint density at radius 3 is 2.67 bits per heavy atom. The zero-order valence-electron chi connectivity index (χ0n) is 8.91. The second-order valence-corrected chi connectivity index (χ2v) is 4.44. The van der Waals surface area contributed by atoms with Crippen molar-refractivity contribution in [3.63, 3.8) is 0 Å². The molecule has 0 radical (unpaired) electrons. The highest BCUT2D eigenvalue weighted by Crippen LogP contribution is 2.35. The first-order chi connectivity index (χ1) is 7.06. The molecule has 1 aromatic carbocycles. The molecule has 2 rings (SSSR count). The predicted molar refractivity (Wildman–Crippen MR) is 60.1 cm³/mol. The number of rotatable bonds is 2. The van der Waals surface area contributed by atoms with Gasteiger partial charge in [-0.05, 0) is 12.1 Å². The van der Waals surface area contributed by atoms with Crippen LogP contribution in [-0.2, 0) is 5.41 Å². The van der Waals surface area contributed by atoms with Crippen molar-refractivity contribution >= 4 is 10.9 Å². The predicted octanol–water partition coefficient (Wildman–Crippen LogP) is 2.14. The summed E-state index contributed by atoms with van der Waals surface area (Å²) in [6.45, 7) is 3.82. The molecule has 15 heavy (non-hydrogen) atoms. The van der Waals surface area contributed by atoms with Gasteiger partial charge in [0.25, 0.3) is 0 Å². The van der Waals surface area contributed by atoms with Gasteiger partial charge in [0, 0.05) is 28.1 Å². The van der Waals surface area contributed by atoms with Crippen molar-refractivity contribution in [3.05, 3.63) is 30.0 Å². The molecule has 0 aliphatic carbocycles. The summed E-state index contributed by atoms with van der Waals surface area (Å²) in [4.78, 5) is 3.03. The molecule has 0 saturated carbocycles. The Bertz CT molecular complexity index is 485. The number of aromatic hydroxyl groups is 1. The Morgan fingerprint density at radius 2 is 2.00 bits per heavy atom. The van der Waals surface area contributed by atoms with E-state index in [0.717, 1.165) is 16.5 Å². The van der Waals surface area contributed by atoms with Crippen LogP contribution in [0.4, 0.5) is 0 Å². The highest BCUT2D eigenvalue weighted by molar-refractivity contribution is 5.87. The number of benzene rings is 1. The fourth-order valence-corrected chi connectivity index (χ4v) is 1.75. The van der Waals surface area contributed by atoms with Gasteiger partial charge in [-0.1, -0.05) is 19.9 Å². The van der Waals surface area contributed by atoms with Crippen LogP contribution >= 0.6 is 0 Å². The molecular formula is C12H15NO2. The number of phenolic OH excluding ortho intramolecular Hbond substituents is 1. The van der Waals surface area contributed by atoms with Gasteiger partial charge >= 0.3 is 0 Å². The van der Waals surface area contributed by atoms with Gasteiger partial charge < -0.3 is 15.2 Å². The molecule has 1 aromatic heterocycles. The van der Waals surface area contributed by atoms with E-state index >= 15 is 0 Å². The van der Waals surface area contributed by atoms with Crippen LogP contribution in [0.3, 0.4) is 0 Å². The van der Waals surface area contributed by atoms with Crippen LogP contribution in [0.25, 0.3) is 10.9 Å². The SMILES string of the molecule is CC(C)(CO)c1ccc2[nH]ccc2c1O. The second kappa shape index (κ2) is 3.28. The van der Waals surface area contributed by atoms with Gasteiger partial charge in [0.2, 0.25) is 0 Å². The molecule has 0 unspecified atom stereocenters. The van der Waals surface area contributed by atoms with E-state index < -0.39 is 5.41 Å². The maximum absolute atomic E-state index is 10.1. The third-order valence-electron chi connectivity index (χ3n) is 2.83. The van der Waals surface area contributed by atoms with Crippen molar-refractivity contribution in [2.45, 2.75) is 19.3 Å². The van der Waals surface area contributed by atoms with Gasteiger partial charge in [-0.25, -0.2) is 0 Å². The molecular weight excluding hydrogens is 190 g/mol. The quantitative estimate of drug-likeness (QED) is 0.703. The molecule has 0 aliphatic rings. The van der Waals surface area contributed by atoms with Crippen molar-refractivity contribution < 1.29 is 10.2 Å². The lowest BCUT2D eigenvalue weighted by Crippen LogP contribution is -2.22. The standard InChI is InChI=1S/C12H15NO2/c1-12(2,7-14)9-3-4-10-8(11(9)15)5-6-13-10/h3-6,13-15H,7H2,1-2H3. The minimum Gasteiger partial charge on any atom is -0.507 e. The van der Waals surface area contributed by atoms with Crippen LogP contribution < -0.4 is 0 Å². The summed E-state index contributed by atoms with van der Waals surface area (Å²) in [5.41, 5.74) is 1.26. The van der Waals surface area contributed by atoms with Gasteiger partial charge in [-0.2, -0.15) is 0 Å². The van der Waals surface area contributed by atoms with Gasteiger partial charge in [-0.3, -0.25) is 0 Å².